The summed E-state index contributed by atoms with van der Waals surface area (Å²) in [6.45, 7) is 9.50. The molecule has 3 atom stereocenters. The molecule has 2 aromatic carbocycles. The first kappa shape index (κ1) is 24.5. The Morgan fingerprint density at radius 1 is 0.889 bits per heavy atom. The van der Waals surface area contributed by atoms with Crippen LogP contribution in [0.2, 0.25) is 0 Å². The van der Waals surface area contributed by atoms with Gasteiger partial charge in [0.2, 0.25) is 11.8 Å². The Morgan fingerprint density at radius 3 is 2.17 bits per heavy atom. The largest absolute Gasteiger partial charge is 0.339 e. The number of piperidine rings is 1. The molecule has 190 valence electrons. The van der Waals surface area contributed by atoms with Gasteiger partial charge in [0.1, 0.15) is 0 Å². The quantitative estimate of drug-likeness (QED) is 0.713. The first-order chi connectivity index (χ1) is 17.3. The minimum absolute atomic E-state index is 0.00683. The van der Waals surface area contributed by atoms with Crippen molar-refractivity contribution in [2.24, 2.45) is 11.8 Å². The molecule has 3 aliphatic heterocycles. The summed E-state index contributed by atoms with van der Waals surface area (Å²) in [6, 6.07) is 17.2. The fraction of sp³-hybridized carbons (Fsp3) is 0.464. The molecule has 3 aliphatic rings. The summed E-state index contributed by atoms with van der Waals surface area (Å²) in [5.41, 5.74) is 5.98. The second-order valence-electron chi connectivity index (χ2n) is 10.4. The van der Waals surface area contributed by atoms with E-state index in [2.05, 4.69) is 24.2 Å². The van der Waals surface area contributed by atoms with E-state index in [4.69, 9.17) is 0 Å². The topological polar surface area (TPSA) is 76.2 Å². The zero-order valence-corrected chi connectivity index (χ0v) is 21.3. The smallest absolute Gasteiger partial charge is 0.253 e. The molecule has 8 nitrogen and oxygen atoms in total. The maximum atomic E-state index is 13.8. The van der Waals surface area contributed by atoms with Gasteiger partial charge in [-0.15, -0.1) is 0 Å². The Balaban J connectivity index is 1.29. The van der Waals surface area contributed by atoms with E-state index in [1.54, 1.807) is 5.01 Å². The predicted octanol–water partition coefficient (Wildman–Crippen LogP) is 2.16. The summed E-state index contributed by atoms with van der Waals surface area (Å²) in [7, 11) is 0. The number of rotatable bonds is 4. The minimum Gasteiger partial charge on any atom is -0.339 e. The molecule has 5 rings (SSSR count). The number of hydrogen-bond acceptors (Lipinski definition) is 5. The molecule has 1 N–H and O–H groups in total. The number of nitrogens with one attached hydrogen (secondary N) is 1. The van der Waals surface area contributed by atoms with E-state index in [0.29, 0.717) is 44.8 Å². The van der Waals surface area contributed by atoms with Crippen LogP contribution in [0.4, 0.5) is 5.69 Å². The fourth-order valence-corrected chi connectivity index (χ4v) is 5.55. The molecule has 2 aromatic rings. The summed E-state index contributed by atoms with van der Waals surface area (Å²) >= 11 is 0. The van der Waals surface area contributed by atoms with E-state index in [9.17, 15) is 14.4 Å². The molecule has 36 heavy (non-hydrogen) atoms. The average molecular weight is 490 g/mol. The zero-order valence-electron chi connectivity index (χ0n) is 21.3. The summed E-state index contributed by atoms with van der Waals surface area (Å²) in [6.07, 6.45) is 0. The van der Waals surface area contributed by atoms with E-state index >= 15 is 0 Å². The van der Waals surface area contributed by atoms with Crippen molar-refractivity contribution >= 4 is 23.4 Å². The van der Waals surface area contributed by atoms with E-state index in [1.807, 2.05) is 71.3 Å². The van der Waals surface area contributed by atoms with Crippen molar-refractivity contribution in [3.63, 3.8) is 0 Å². The van der Waals surface area contributed by atoms with Gasteiger partial charge in [0.15, 0.2) is 0 Å². The molecule has 3 saturated heterocycles. The van der Waals surface area contributed by atoms with Gasteiger partial charge >= 0.3 is 0 Å². The van der Waals surface area contributed by atoms with Crippen LogP contribution in [0.25, 0.3) is 0 Å². The normalized spacial score (nSPS) is 24.8. The van der Waals surface area contributed by atoms with Crippen molar-refractivity contribution in [2.75, 3.05) is 44.3 Å². The Morgan fingerprint density at radius 2 is 1.53 bits per heavy atom. The van der Waals surface area contributed by atoms with Gasteiger partial charge in [-0.3, -0.25) is 19.3 Å². The molecular formula is C28H35N5O3. The third-order valence-electron chi connectivity index (χ3n) is 7.78. The number of nitrogens with zero attached hydrogens (tertiary/aromatic N) is 4. The third kappa shape index (κ3) is 4.63. The van der Waals surface area contributed by atoms with Gasteiger partial charge in [0.25, 0.3) is 5.91 Å². The second-order valence-corrected chi connectivity index (χ2v) is 10.4. The van der Waals surface area contributed by atoms with Crippen molar-refractivity contribution in [1.29, 1.82) is 0 Å². The molecule has 0 spiro atoms. The lowest BCUT2D eigenvalue weighted by atomic mass is 9.83. The number of benzene rings is 2. The van der Waals surface area contributed by atoms with Crippen LogP contribution in [0.15, 0.2) is 54.6 Å². The van der Waals surface area contributed by atoms with Crippen LogP contribution in [-0.4, -0.2) is 83.8 Å². The Kier molecular flexibility index (Phi) is 6.81. The molecule has 3 heterocycles. The predicted molar refractivity (Wildman–Crippen MR) is 138 cm³/mol. The SMILES string of the molecule is Cc1ccc(C(=O)N2CCN(C(=O)C3CN(C(C)C)CC4C(=O)N(c5ccccc5)NC34)CC2)cc1. The highest BCUT2D eigenvalue weighted by atomic mass is 16.2. The lowest BCUT2D eigenvalue weighted by molar-refractivity contribution is -0.141. The highest BCUT2D eigenvalue weighted by molar-refractivity contribution is 5.98. The van der Waals surface area contributed by atoms with Gasteiger partial charge < -0.3 is 9.80 Å². The molecular weight excluding hydrogens is 454 g/mol. The van der Waals surface area contributed by atoms with Crippen molar-refractivity contribution < 1.29 is 14.4 Å². The van der Waals surface area contributed by atoms with Gasteiger partial charge in [0.05, 0.1) is 23.6 Å². The Labute approximate surface area is 212 Å². The number of aryl methyl sites for hydroxylation is 1. The van der Waals surface area contributed by atoms with Gasteiger partial charge in [-0.1, -0.05) is 35.9 Å². The summed E-state index contributed by atoms with van der Waals surface area (Å²) < 4.78 is 0. The monoisotopic (exact) mass is 489 g/mol. The molecule has 8 heteroatoms. The number of carbonyl (C=O) groups excluding carboxylic acids is 3. The van der Waals surface area contributed by atoms with Crippen LogP contribution < -0.4 is 10.4 Å². The number of piperazine rings is 1. The van der Waals surface area contributed by atoms with Crippen LogP contribution in [0, 0.1) is 18.8 Å². The molecule has 3 unspecified atom stereocenters. The van der Waals surface area contributed by atoms with Gasteiger partial charge in [0, 0.05) is 50.9 Å². The molecule has 3 fully saturated rings. The van der Waals surface area contributed by atoms with Gasteiger partial charge in [-0.2, -0.15) is 0 Å². The molecule has 0 saturated carbocycles. The van der Waals surface area contributed by atoms with Crippen LogP contribution in [0.1, 0.15) is 29.8 Å². The standard InChI is InChI=1S/C28H35N5O3/c1-19(2)32-17-23(25-24(18-32)28(36)33(29-25)22-7-5-4-6-8-22)27(35)31-15-13-30(14-16-31)26(34)21-11-9-20(3)10-12-21/h4-12,19,23-25,29H,13-18H2,1-3H3. The summed E-state index contributed by atoms with van der Waals surface area (Å²) in [5, 5.41) is 1.62. The summed E-state index contributed by atoms with van der Waals surface area (Å²) in [5.74, 6) is -0.522. The Bertz CT molecular complexity index is 1110. The first-order valence-electron chi connectivity index (χ1n) is 12.9. The minimum atomic E-state index is -0.330. The number of hydrogen-bond donors (Lipinski definition) is 1. The van der Waals surface area contributed by atoms with Crippen molar-refractivity contribution in [2.45, 2.75) is 32.9 Å². The number of amides is 3. The second kappa shape index (κ2) is 10.0. The van der Waals surface area contributed by atoms with Crippen LogP contribution in [-0.2, 0) is 9.59 Å². The number of carbonyl (C=O) groups is 3. The molecule has 0 radical (unpaired) electrons. The number of anilines is 1. The third-order valence-corrected chi connectivity index (χ3v) is 7.78. The van der Waals surface area contributed by atoms with Gasteiger partial charge in [-0.05, 0) is 45.0 Å². The zero-order chi connectivity index (χ0) is 25.4. The van der Waals surface area contributed by atoms with Crippen LogP contribution in [0.5, 0.6) is 0 Å². The van der Waals surface area contributed by atoms with E-state index < -0.39 is 0 Å². The van der Waals surface area contributed by atoms with Crippen molar-refractivity contribution in [3.8, 4) is 0 Å². The Hall–Kier alpha value is -3.23. The van der Waals surface area contributed by atoms with E-state index in [0.717, 1.165) is 11.3 Å². The molecule has 3 amide bonds. The highest BCUT2D eigenvalue weighted by Crippen LogP contribution is 2.33. The number of para-hydroxylation sites is 1. The maximum Gasteiger partial charge on any atom is 0.253 e. The lowest BCUT2D eigenvalue weighted by Gasteiger charge is -2.43. The molecule has 0 bridgehead atoms. The number of likely N-dealkylation sites (tertiary alicyclic amines) is 1. The summed E-state index contributed by atoms with van der Waals surface area (Å²) in [4.78, 5) is 46.1. The van der Waals surface area contributed by atoms with Gasteiger partial charge in [-0.25, -0.2) is 10.4 Å². The molecule has 0 aliphatic carbocycles. The number of fused-ring (bicyclic) bond motifs is 1. The fourth-order valence-electron chi connectivity index (χ4n) is 5.55. The number of hydrazine groups is 1. The lowest BCUT2D eigenvalue weighted by Crippen LogP contribution is -2.60. The average Bonchev–Trinajstić information content (AvgIpc) is 3.24. The van der Waals surface area contributed by atoms with Crippen LogP contribution in [0.3, 0.4) is 0 Å². The maximum absolute atomic E-state index is 13.8. The van der Waals surface area contributed by atoms with Crippen molar-refractivity contribution in [3.05, 3.63) is 65.7 Å². The van der Waals surface area contributed by atoms with Crippen LogP contribution >= 0.6 is 0 Å². The van der Waals surface area contributed by atoms with Crippen molar-refractivity contribution in [1.82, 2.24) is 20.1 Å². The highest BCUT2D eigenvalue weighted by Gasteiger charge is 2.52. The van der Waals surface area contributed by atoms with E-state index in [1.165, 1.54) is 0 Å². The van der Waals surface area contributed by atoms with E-state index in [-0.39, 0.29) is 41.6 Å². The first-order valence-corrected chi connectivity index (χ1v) is 12.9. The molecule has 0 aromatic heterocycles.